The maximum absolute atomic E-state index is 6.20. The molecule has 0 aliphatic carbocycles. The van der Waals surface area contributed by atoms with Gasteiger partial charge in [-0.1, -0.05) is 24.6 Å². The normalized spacial score (nSPS) is 20.1. The van der Waals surface area contributed by atoms with Gasteiger partial charge < -0.3 is 15.2 Å². The van der Waals surface area contributed by atoms with Crippen LogP contribution in [0.1, 0.15) is 12.5 Å². The van der Waals surface area contributed by atoms with Crippen LogP contribution in [0.2, 0.25) is 5.02 Å². The van der Waals surface area contributed by atoms with Gasteiger partial charge in [-0.15, -0.1) is 0 Å². The summed E-state index contributed by atoms with van der Waals surface area (Å²) in [5.74, 6) is 0.820. The Bertz CT molecular complexity index is 428. The Morgan fingerprint density at radius 2 is 2.35 bits per heavy atom. The molecule has 2 N–H and O–H groups in total. The lowest BCUT2D eigenvalue weighted by Crippen LogP contribution is -2.44. The maximum Gasteiger partial charge on any atom is 0.124 e. The Morgan fingerprint density at radius 1 is 1.50 bits per heavy atom. The fraction of sp³-hybridized carbons (Fsp3) is 0.600. The summed E-state index contributed by atoms with van der Waals surface area (Å²) in [5.41, 5.74) is 6.61. The number of hydrogen-bond acceptors (Lipinski definition) is 4. The first-order valence-corrected chi connectivity index (χ1v) is 7.56. The van der Waals surface area contributed by atoms with Crippen molar-refractivity contribution in [2.75, 3.05) is 39.4 Å². The highest BCUT2D eigenvalue weighted by molar-refractivity contribution is 6.31. The molecule has 20 heavy (non-hydrogen) atoms. The zero-order valence-electron chi connectivity index (χ0n) is 12.0. The molecule has 5 heteroatoms. The second-order valence-corrected chi connectivity index (χ2v) is 5.36. The molecule has 1 heterocycles. The van der Waals surface area contributed by atoms with Gasteiger partial charge in [0, 0.05) is 23.7 Å². The van der Waals surface area contributed by atoms with Crippen molar-refractivity contribution in [1.29, 1.82) is 0 Å². The van der Waals surface area contributed by atoms with Crippen LogP contribution < -0.4 is 10.5 Å². The van der Waals surface area contributed by atoms with E-state index in [4.69, 9.17) is 26.8 Å². The monoisotopic (exact) mass is 298 g/mol. The number of hydrogen-bond donors (Lipinski definition) is 1. The fourth-order valence-electron chi connectivity index (χ4n) is 2.41. The van der Waals surface area contributed by atoms with Crippen molar-refractivity contribution in [2.24, 2.45) is 5.73 Å². The molecule has 0 saturated carbocycles. The molecule has 0 spiro atoms. The van der Waals surface area contributed by atoms with Crippen molar-refractivity contribution in [2.45, 2.75) is 19.4 Å². The molecule has 1 unspecified atom stereocenters. The van der Waals surface area contributed by atoms with Crippen LogP contribution in [0, 0.1) is 0 Å². The van der Waals surface area contributed by atoms with E-state index in [1.165, 1.54) is 0 Å². The zero-order valence-corrected chi connectivity index (χ0v) is 12.7. The van der Waals surface area contributed by atoms with Gasteiger partial charge in [0.05, 0.1) is 6.61 Å². The quantitative estimate of drug-likeness (QED) is 0.872. The van der Waals surface area contributed by atoms with E-state index in [0.29, 0.717) is 18.2 Å². The Morgan fingerprint density at radius 3 is 3.10 bits per heavy atom. The van der Waals surface area contributed by atoms with Crippen LogP contribution in [0.5, 0.6) is 5.75 Å². The SMILES string of the molecule is CCN1CCOC(COc2cccc(Cl)c2CCN)C1. The van der Waals surface area contributed by atoms with E-state index in [1.54, 1.807) is 0 Å². The fourth-order valence-corrected chi connectivity index (χ4v) is 2.67. The third-order valence-corrected chi connectivity index (χ3v) is 3.92. The lowest BCUT2D eigenvalue weighted by molar-refractivity contribution is -0.0465. The van der Waals surface area contributed by atoms with E-state index in [2.05, 4.69) is 11.8 Å². The lowest BCUT2D eigenvalue weighted by Gasteiger charge is -2.32. The Kier molecular flexibility index (Phi) is 6.10. The molecule has 1 fully saturated rings. The molecular formula is C15H23ClN2O2. The Balaban J connectivity index is 1.95. The van der Waals surface area contributed by atoms with E-state index < -0.39 is 0 Å². The minimum absolute atomic E-state index is 0.119. The summed E-state index contributed by atoms with van der Waals surface area (Å²) in [6.07, 6.45) is 0.843. The number of morpholine rings is 1. The van der Waals surface area contributed by atoms with Crippen LogP contribution in [-0.4, -0.2) is 50.4 Å². The summed E-state index contributed by atoms with van der Waals surface area (Å²) in [5, 5.41) is 0.715. The van der Waals surface area contributed by atoms with Crippen molar-refractivity contribution in [3.8, 4) is 5.75 Å². The molecule has 1 aromatic rings. The molecule has 0 bridgehead atoms. The predicted octanol–water partition coefficient (Wildman–Crippen LogP) is 1.94. The van der Waals surface area contributed by atoms with Gasteiger partial charge in [-0.25, -0.2) is 0 Å². The third kappa shape index (κ3) is 4.09. The van der Waals surface area contributed by atoms with Gasteiger partial charge in [0.15, 0.2) is 0 Å². The summed E-state index contributed by atoms with van der Waals surface area (Å²) in [6.45, 7) is 7.02. The summed E-state index contributed by atoms with van der Waals surface area (Å²) < 4.78 is 11.6. The van der Waals surface area contributed by atoms with Crippen molar-refractivity contribution in [3.05, 3.63) is 28.8 Å². The number of nitrogens with zero attached hydrogens (tertiary/aromatic N) is 1. The summed E-state index contributed by atoms with van der Waals surface area (Å²) in [4.78, 5) is 2.37. The van der Waals surface area contributed by atoms with Crippen LogP contribution in [0.25, 0.3) is 0 Å². The lowest BCUT2D eigenvalue weighted by atomic mass is 10.1. The second kappa shape index (κ2) is 7.84. The van der Waals surface area contributed by atoms with Gasteiger partial charge in [-0.3, -0.25) is 4.90 Å². The van der Waals surface area contributed by atoms with E-state index in [0.717, 1.165) is 44.0 Å². The van der Waals surface area contributed by atoms with Crippen molar-refractivity contribution >= 4 is 11.6 Å². The number of rotatable bonds is 6. The highest BCUT2D eigenvalue weighted by Crippen LogP contribution is 2.27. The second-order valence-electron chi connectivity index (χ2n) is 4.95. The van der Waals surface area contributed by atoms with Gasteiger partial charge in [-0.2, -0.15) is 0 Å². The minimum Gasteiger partial charge on any atom is -0.490 e. The first-order valence-electron chi connectivity index (χ1n) is 7.18. The average molecular weight is 299 g/mol. The van der Waals surface area contributed by atoms with E-state index in [9.17, 15) is 0 Å². The third-order valence-electron chi connectivity index (χ3n) is 3.57. The van der Waals surface area contributed by atoms with E-state index in [1.807, 2.05) is 18.2 Å². The molecular weight excluding hydrogens is 276 g/mol. The number of likely N-dealkylation sites (N-methyl/N-ethyl adjacent to an activating group) is 1. The minimum atomic E-state index is 0.119. The first-order chi connectivity index (χ1) is 9.74. The molecule has 1 atom stereocenters. The van der Waals surface area contributed by atoms with Gasteiger partial charge in [0.1, 0.15) is 18.5 Å². The van der Waals surface area contributed by atoms with Crippen LogP contribution >= 0.6 is 11.6 Å². The molecule has 1 aliphatic heterocycles. The number of ether oxygens (including phenoxy) is 2. The smallest absolute Gasteiger partial charge is 0.124 e. The summed E-state index contributed by atoms with van der Waals surface area (Å²) in [6, 6.07) is 5.71. The highest BCUT2D eigenvalue weighted by atomic mass is 35.5. The summed E-state index contributed by atoms with van der Waals surface area (Å²) >= 11 is 6.20. The first kappa shape index (κ1) is 15.6. The van der Waals surface area contributed by atoms with Gasteiger partial charge in [-0.05, 0) is 31.6 Å². The van der Waals surface area contributed by atoms with Gasteiger partial charge >= 0.3 is 0 Å². The number of halogens is 1. The molecule has 0 radical (unpaired) electrons. The molecule has 0 amide bonds. The molecule has 1 saturated heterocycles. The number of nitrogens with two attached hydrogens (primary N) is 1. The topological polar surface area (TPSA) is 47.7 Å². The molecule has 1 aliphatic rings. The Hall–Kier alpha value is -0.810. The molecule has 1 aromatic carbocycles. The van der Waals surface area contributed by atoms with Crippen molar-refractivity contribution in [3.63, 3.8) is 0 Å². The largest absolute Gasteiger partial charge is 0.490 e. The average Bonchev–Trinajstić information content (AvgIpc) is 2.48. The van der Waals surface area contributed by atoms with Crippen LogP contribution in [-0.2, 0) is 11.2 Å². The van der Waals surface area contributed by atoms with Crippen molar-refractivity contribution < 1.29 is 9.47 Å². The molecule has 4 nitrogen and oxygen atoms in total. The maximum atomic E-state index is 6.20. The van der Waals surface area contributed by atoms with Crippen LogP contribution in [0.15, 0.2) is 18.2 Å². The molecule has 2 rings (SSSR count). The van der Waals surface area contributed by atoms with E-state index >= 15 is 0 Å². The number of benzene rings is 1. The van der Waals surface area contributed by atoms with Gasteiger partial charge in [0.25, 0.3) is 0 Å². The molecule has 112 valence electrons. The van der Waals surface area contributed by atoms with Gasteiger partial charge in [0.2, 0.25) is 0 Å². The zero-order chi connectivity index (χ0) is 14.4. The van der Waals surface area contributed by atoms with Crippen molar-refractivity contribution in [1.82, 2.24) is 4.90 Å². The van der Waals surface area contributed by atoms with E-state index in [-0.39, 0.29) is 6.10 Å². The highest BCUT2D eigenvalue weighted by Gasteiger charge is 2.20. The molecule has 0 aromatic heterocycles. The van der Waals surface area contributed by atoms with Crippen LogP contribution in [0.3, 0.4) is 0 Å². The Labute approximate surface area is 125 Å². The van der Waals surface area contributed by atoms with Crippen LogP contribution in [0.4, 0.5) is 0 Å². The predicted molar refractivity (Wildman–Crippen MR) is 81.6 cm³/mol. The summed E-state index contributed by atoms with van der Waals surface area (Å²) in [7, 11) is 0. The standard InChI is InChI=1S/C15H23ClN2O2/c1-2-18-8-9-19-12(10-18)11-20-15-5-3-4-14(16)13(15)6-7-17/h3-5,12H,2,6-11,17H2,1H3.